The summed E-state index contributed by atoms with van der Waals surface area (Å²) in [5.74, 6) is 0. The highest BCUT2D eigenvalue weighted by atomic mass is 32.1. The molecule has 0 aromatic carbocycles. The molecule has 2 atom stereocenters. The summed E-state index contributed by atoms with van der Waals surface area (Å²) in [6, 6.07) is 0. The maximum absolute atomic E-state index is 5.41. The third-order valence-electron chi connectivity index (χ3n) is 1.63. The molecule has 0 aromatic heterocycles. The summed E-state index contributed by atoms with van der Waals surface area (Å²) in [6.45, 7) is 3.08. The van der Waals surface area contributed by atoms with Crippen molar-refractivity contribution in [3.63, 3.8) is 0 Å². The minimum absolute atomic E-state index is 0.494. The second kappa shape index (κ2) is 3.47. The van der Waals surface area contributed by atoms with E-state index in [2.05, 4.69) is 19.6 Å². The Balaban J connectivity index is 2.11. The van der Waals surface area contributed by atoms with Crippen molar-refractivity contribution in [3.8, 4) is 0 Å². The maximum Gasteiger partial charge on any atom is 0.0586 e. The molecule has 1 saturated heterocycles. The van der Waals surface area contributed by atoms with E-state index in [1.807, 2.05) is 0 Å². The van der Waals surface area contributed by atoms with Crippen LogP contribution in [0, 0.1) is 0 Å². The van der Waals surface area contributed by atoms with E-state index in [-0.39, 0.29) is 0 Å². The summed E-state index contributed by atoms with van der Waals surface area (Å²) in [7, 11) is 0. The molecule has 2 unspecified atom stereocenters. The van der Waals surface area contributed by atoms with E-state index < -0.39 is 0 Å². The Morgan fingerprint density at radius 3 is 3.00 bits per heavy atom. The van der Waals surface area contributed by atoms with E-state index in [0.717, 1.165) is 13.0 Å². The van der Waals surface area contributed by atoms with Crippen LogP contribution < -0.4 is 0 Å². The number of hydrogen-bond donors (Lipinski definition) is 1. The Kier molecular flexibility index (Phi) is 2.86. The van der Waals surface area contributed by atoms with Gasteiger partial charge in [0.25, 0.3) is 0 Å². The monoisotopic (exact) mass is 146 g/mol. The lowest BCUT2D eigenvalue weighted by molar-refractivity contribution is 0.105. The van der Waals surface area contributed by atoms with Gasteiger partial charge in [0.05, 0.1) is 6.10 Å². The van der Waals surface area contributed by atoms with Crippen LogP contribution in [0.15, 0.2) is 0 Å². The molecule has 0 saturated carbocycles. The van der Waals surface area contributed by atoms with Crippen LogP contribution in [-0.4, -0.2) is 18.0 Å². The van der Waals surface area contributed by atoms with E-state index in [9.17, 15) is 0 Å². The van der Waals surface area contributed by atoms with Crippen LogP contribution in [0.25, 0.3) is 0 Å². The number of hydrogen-bond acceptors (Lipinski definition) is 2. The first-order valence-corrected chi connectivity index (χ1v) is 4.10. The van der Waals surface area contributed by atoms with Crippen molar-refractivity contribution in [2.75, 3.05) is 6.61 Å². The molecule has 54 valence electrons. The smallest absolute Gasteiger partial charge is 0.0586 e. The summed E-state index contributed by atoms with van der Waals surface area (Å²) in [5, 5.41) is 0.494. The van der Waals surface area contributed by atoms with E-state index >= 15 is 0 Å². The molecule has 1 aliphatic heterocycles. The van der Waals surface area contributed by atoms with Gasteiger partial charge < -0.3 is 4.74 Å². The zero-order chi connectivity index (χ0) is 6.69. The first kappa shape index (κ1) is 7.42. The van der Waals surface area contributed by atoms with E-state index in [0.29, 0.717) is 11.4 Å². The zero-order valence-corrected chi connectivity index (χ0v) is 6.73. The lowest BCUT2D eigenvalue weighted by Crippen LogP contribution is -2.09. The van der Waals surface area contributed by atoms with E-state index in [1.165, 1.54) is 12.8 Å². The summed E-state index contributed by atoms with van der Waals surface area (Å²) < 4.78 is 5.41. The highest BCUT2D eigenvalue weighted by Crippen LogP contribution is 2.18. The van der Waals surface area contributed by atoms with E-state index in [4.69, 9.17) is 4.74 Å². The fourth-order valence-electron chi connectivity index (χ4n) is 1.21. The van der Waals surface area contributed by atoms with Crippen molar-refractivity contribution in [3.05, 3.63) is 0 Å². The minimum Gasteiger partial charge on any atom is -0.378 e. The number of rotatable bonds is 2. The minimum atomic E-state index is 0.494. The topological polar surface area (TPSA) is 9.23 Å². The van der Waals surface area contributed by atoms with Crippen LogP contribution >= 0.6 is 12.6 Å². The van der Waals surface area contributed by atoms with Gasteiger partial charge in [0.1, 0.15) is 0 Å². The van der Waals surface area contributed by atoms with Gasteiger partial charge in [-0.2, -0.15) is 12.6 Å². The second-order valence-corrected chi connectivity index (χ2v) is 3.60. The van der Waals surface area contributed by atoms with Crippen molar-refractivity contribution < 1.29 is 4.74 Å². The molecule has 0 N–H and O–H groups in total. The molecule has 0 bridgehead atoms. The molecule has 0 aliphatic carbocycles. The predicted octanol–water partition coefficient (Wildman–Crippen LogP) is 1.87. The number of ether oxygens (including phenoxy) is 1. The van der Waals surface area contributed by atoms with Crippen LogP contribution in [0.5, 0.6) is 0 Å². The van der Waals surface area contributed by atoms with Crippen molar-refractivity contribution >= 4 is 12.6 Å². The molecule has 2 heteroatoms. The van der Waals surface area contributed by atoms with Gasteiger partial charge in [-0.3, -0.25) is 0 Å². The largest absolute Gasteiger partial charge is 0.378 e. The van der Waals surface area contributed by atoms with Gasteiger partial charge in [-0.15, -0.1) is 0 Å². The van der Waals surface area contributed by atoms with Crippen molar-refractivity contribution in [1.82, 2.24) is 0 Å². The Morgan fingerprint density at radius 2 is 2.56 bits per heavy atom. The molecule has 1 nitrogen and oxygen atoms in total. The zero-order valence-electron chi connectivity index (χ0n) is 5.84. The molecule has 0 amide bonds. The van der Waals surface area contributed by atoms with Crippen molar-refractivity contribution in [2.24, 2.45) is 0 Å². The molecule has 1 fully saturated rings. The van der Waals surface area contributed by atoms with Gasteiger partial charge in [0.15, 0.2) is 0 Å². The molecule has 1 aliphatic rings. The van der Waals surface area contributed by atoms with Gasteiger partial charge >= 0.3 is 0 Å². The summed E-state index contributed by atoms with van der Waals surface area (Å²) in [5.41, 5.74) is 0. The highest BCUT2D eigenvalue weighted by Gasteiger charge is 2.16. The quantitative estimate of drug-likeness (QED) is 0.585. The third-order valence-corrected chi connectivity index (χ3v) is 1.84. The fourth-order valence-corrected chi connectivity index (χ4v) is 1.45. The lowest BCUT2D eigenvalue weighted by atomic mass is 10.1. The predicted molar refractivity (Wildman–Crippen MR) is 42.0 cm³/mol. The highest BCUT2D eigenvalue weighted by molar-refractivity contribution is 7.80. The average molecular weight is 146 g/mol. The summed E-state index contributed by atoms with van der Waals surface area (Å²) >= 11 is 4.29. The van der Waals surface area contributed by atoms with Gasteiger partial charge in [-0.05, 0) is 19.3 Å². The van der Waals surface area contributed by atoms with Gasteiger partial charge in [-0.1, -0.05) is 6.92 Å². The van der Waals surface area contributed by atoms with Crippen molar-refractivity contribution in [1.29, 1.82) is 0 Å². The Morgan fingerprint density at radius 1 is 1.78 bits per heavy atom. The van der Waals surface area contributed by atoms with Gasteiger partial charge in [0, 0.05) is 11.9 Å². The lowest BCUT2D eigenvalue weighted by Gasteiger charge is -2.10. The first-order chi connectivity index (χ1) is 4.29. The van der Waals surface area contributed by atoms with Crippen LogP contribution in [0.4, 0.5) is 0 Å². The molecule has 0 spiro atoms. The van der Waals surface area contributed by atoms with Gasteiger partial charge in [-0.25, -0.2) is 0 Å². The Hall–Kier alpha value is 0.310. The Bertz CT molecular complexity index is 77.0. The van der Waals surface area contributed by atoms with Crippen LogP contribution in [0.2, 0.25) is 0 Å². The standard InChI is InChI=1S/C7H14OS/c1-6(9)5-7-3-2-4-8-7/h6-7,9H,2-5H2,1H3. The average Bonchev–Trinajstić information content (AvgIpc) is 2.15. The van der Waals surface area contributed by atoms with Crippen molar-refractivity contribution in [2.45, 2.75) is 37.5 Å². The summed E-state index contributed by atoms with van der Waals surface area (Å²) in [4.78, 5) is 0. The normalized spacial score (nSPS) is 30.7. The van der Waals surface area contributed by atoms with E-state index in [1.54, 1.807) is 0 Å². The van der Waals surface area contributed by atoms with Crippen LogP contribution in [0.3, 0.4) is 0 Å². The molecular weight excluding hydrogens is 132 g/mol. The van der Waals surface area contributed by atoms with Gasteiger partial charge in [0.2, 0.25) is 0 Å². The maximum atomic E-state index is 5.41. The number of thiol groups is 1. The summed E-state index contributed by atoms with van der Waals surface area (Å²) in [6.07, 6.45) is 4.11. The molecule has 0 aromatic rings. The fraction of sp³-hybridized carbons (Fsp3) is 1.00. The first-order valence-electron chi connectivity index (χ1n) is 3.58. The third kappa shape index (κ3) is 2.59. The molecule has 0 radical (unpaired) electrons. The SMILES string of the molecule is CC(S)CC1CCCO1. The van der Waals surface area contributed by atoms with Crippen LogP contribution in [0.1, 0.15) is 26.2 Å². The Labute approximate surface area is 62.2 Å². The molecular formula is C7H14OS. The second-order valence-electron chi connectivity index (χ2n) is 2.72. The molecule has 1 rings (SSSR count). The van der Waals surface area contributed by atoms with Crippen LogP contribution in [-0.2, 0) is 4.74 Å². The molecule has 9 heavy (non-hydrogen) atoms. The molecule has 1 heterocycles.